The predicted molar refractivity (Wildman–Crippen MR) is 99.2 cm³/mol. The highest BCUT2D eigenvalue weighted by Gasteiger charge is 2.26. The molecule has 2 heterocycles. The van der Waals surface area contributed by atoms with Gasteiger partial charge in [-0.3, -0.25) is 4.79 Å². The molecule has 2 aromatic heterocycles. The fourth-order valence-corrected chi connectivity index (χ4v) is 3.74. The zero-order valence-corrected chi connectivity index (χ0v) is 15.7. The molecule has 3 aromatic rings. The Hall–Kier alpha value is -2.91. The number of amides is 1. The summed E-state index contributed by atoms with van der Waals surface area (Å²) in [5, 5.41) is 2.89. The third kappa shape index (κ3) is 4.44. The molecule has 2 N–H and O–H groups in total. The summed E-state index contributed by atoms with van der Waals surface area (Å²) < 4.78 is 37.2. The highest BCUT2D eigenvalue weighted by atomic mass is 32.2. The Balaban J connectivity index is 1.80. The van der Waals surface area contributed by atoms with Crippen LogP contribution in [0.5, 0.6) is 0 Å². The van der Waals surface area contributed by atoms with Crippen LogP contribution in [0, 0.1) is 0 Å². The SMILES string of the molecule is CC(C)(C)NS(=O)(=O)c1ccc(C(=O)Nc2ccc3oc(=O)ccc3c2)o1. The van der Waals surface area contributed by atoms with Gasteiger partial charge in [-0.15, -0.1) is 0 Å². The standard InChI is InChI=1S/C18H18N2O6S/c1-18(2,3)20-27(23,24)16-9-7-14(26-16)17(22)19-12-5-6-13-11(10-12)4-8-15(21)25-13/h4-10,20H,1-3H3,(H,19,22). The van der Waals surface area contributed by atoms with E-state index in [-0.39, 0.29) is 10.9 Å². The molecule has 1 aromatic carbocycles. The average molecular weight is 390 g/mol. The minimum Gasteiger partial charge on any atom is -0.438 e. The van der Waals surface area contributed by atoms with Crippen molar-refractivity contribution in [3.8, 4) is 0 Å². The first-order chi connectivity index (χ1) is 12.5. The van der Waals surface area contributed by atoms with E-state index in [2.05, 4.69) is 10.0 Å². The molecular formula is C18H18N2O6S. The van der Waals surface area contributed by atoms with Gasteiger partial charge in [0.1, 0.15) is 5.58 Å². The molecule has 27 heavy (non-hydrogen) atoms. The van der Waals surface area contributed by atoms with Gasteiger partial charge >= 0.3 is 5.63 Å². The maximum atomic E-state index is 12.3. The number of fused-ring (bicyclic) bond motifs is 1. The van der Waals surface area contributed by atoms with Crippen LogP contribution in [0.2, 0.25) is 0 Å². The summed E-state index contributed by atoms with van der Waals surface area (Å²) in [6.45, 7) is 5.09. The number of rotatable bonds is 4. The summed E-state index contributed by atoms with van der Waals surface area (Å²) in [6, 6.07) is 10.1. The number of anilines is 1. The molecule has 0 saturated heterocycles. The molecule has 0 atom stereocenters. The van der Waals surface area contributed by atoms with Crippen LogP contribution >= 0.6 is 0 Å². The van der Waals surface area contributed by atoms with Gasteiger partial charge in [0.05, 0.1) is 0 Å². The molecule has 0 aliphatic heterocycles. The Kier molecular flexibility index (Phi) is 4.66. The number of hydrogen-bond acceptors (Lipinski definition) is 6. The molecule has 0 saturated carbocycles. The highest BCUT2D eigenvalue weighted by Crippen LogP contribution is 2.20. The van der Waals surface area contributed by atoms with E-state index in [0.29, 0.717) is 16.7 Å². The van der Waals surface area contributed by atoms with E-state index in [4.69, 9.17) is 8.83 Å². The summed E-state index contributed by atoms with van der Waals surface area (Å²) in [4.78, 5) is 23.5. The molecule has 0 bridgehead atoms. The topological polar surface area (TPSA) is 119 Å². The molecule has 8 nitrogen and oxygen atoms in total. The monoisotopic (exact) mass is 390 g/mol. The zero-order valence-electron chi connectivity index (χ0n) is 14.9. The maximum absolute atomic E-state index is 12.3. The highest BCUT2D eigenvalue weighted by molar-refractivity contribution is 7.89. The lowest BCUT2D eigenvalue weighted by Crippen LogP contribution is -2.40. The number of carbonyl (C=O) groups is 1. The van der Waals surface area contributed by atoms with Crippen molar-refractivity contribution in [2.75, 3.05) is 5.32 Å². The smallest absolute Gasteiger partial charge is 0.336 e. The quantitative estimate of drug-likeness (QED) is 0.661. The number of carbonyl (C=O) groups excluding carboxylic acids is 1. The van der Waals surface area contributed by atoms with Gasteiger partial charge in [0, 0.05) is 22.7 Å². The van der Waals surface area contributed by atoms with Crippen molar-refractivity contribution < 1.29 is 22.0 Å². The van der Waals surface area contributed by atoms with E-state index in [0.717, 1.165) is 0 Å². The first-order valence-corrected chi connectivity index (χ1v) is 9.51. The maximum Gasteiger partial charge on any atom is 0.336 e. The van der Waals surface area contributed by atoms with Crippen molar-refractivity contribution in [2.24, 2.45) is 0 Å². The second-order valence-electron chi connectivity index (χ2n) is 6.94. The second kappa shape index (κ2) is 6.67. The van der Waals surface area contributed by atoms with Crippen LogP contribution in [-0.2, 0) is 10.0 Å². The Morgan fingerprint density at radius 1 is 1.00 bits per heavy atom. The van der Waals surface area contributed by atoms with Crippen molar-refractivity contribution in [1.29, 1.82) is 0 Å². The average Bonchev–Trinajstić information content (AvgIpc) is 3.04. The number of furan rings is 1. The number of hydrogen-bond donors (Lipinski definition) is 2. The van der Waals surface area contributed by atoms with Gasteiger partial charge in [-0.25, -0.2) is 17.9 Å². The Morgan fingerprint density at radius 3 is 2.44 bits per heavy atom. The van der Waals surface area contributed by atoms with Crippen molar-refractivity contribution in [1.82, 2.24) is 4.72 Å². The lowest BCUT2D eigenvalue weighted by atomic mass is 10.1. The van der Waals surface area contributed by atoms with Crippen molar-refractivity contribution in [3.05, 3.63) is 58.6 Å². The van der Waals surface area contributed by atoms with Crippen LogP contribution in [0.25, 0.3) is 11.0 Å². The third-order valence-corrected chi connectivity index (χ3v) is 5.02. The second-order valence-corrected chi connectivity index (χ2v) is 8.55. The fourth-order valence-electron chi connectivity index (χ4n) is 2.38. The van der Waals surface area contributed by atoms with Gasteiger partial charge in [-0.1, -0.05) is 0 Å². The van der Waals surface area contributed by atoms with Crippen molar-refractivity contribution >= 4 is 32.6 Å². The molecule has 0 fully saturated rings. The van der Waals surface area contributed by atoms with E-state index in [1.54, 1.807) is 45.0 Å². The Morgan fingerprint density at radius 2 is 1.74 bits per heavy atom. The van der Waals surface area contributed by atoms with E-state index >= 15 is 0 Å². The van der Waals surface area contributed by atoms with E-state index in [1.165, 1.54) is 18.2 Å². The van der Waals surface area contributed by atoms with Gasteiger partial charge in [-0.2, -0.15) is 0 Å². The van der Waals surface area contributed by atoms with Gasteiger partial charge in [0.15, 0.2) is 5.76 Å². The Bertz CT molecular complexity index is 1170. The molecule has 0 aliphatic rings. The molecule has 0 aliphatic carbocycles. The largest absolute Gasteiger partial charge is 0.438 e. The molecule has 0 spiro atoms. The van der Waals surface area contributed by atoms with E-state index < -0.39 is 27.1 Å². The normalized spacial score (nSPS) is 12.3. The van der Waals surface area contributed by atoms with Gasteiger partial charge < -0.3 is 14.2 Å². The van der Waals surface area contributed by atoms with Crippen LogP contribution in [0.3, 0.4) is 0 Å². The van der Waals surface area contributed by atoms with Crippen LogP contribution in [-0.4, -0.2) is 19.9 Å². The van der Waals surface area contributed by atoms with Crippen LogP contribution < -0.4 is 15.7 Å². The van der Waals surface area contributed by atoms with Crippen molar-refractivity contribution in [3.63, 3.8) is 0 Å². The lowest BCUT2D eigenvalue weighted by molar-refractivity contribution is 0.0991. The summed E-state index contributed by atoms with van der Waals surface area (Å²) in [5.41, 5.74) is -0.323. The van der Waals surface area contributed by atoms with Crippen LogP contribution in [0.1, 0.15) is 31.3 Å². The number of nitrogens with one attached hydrogen (secondary N) is 2. The summed E-state index contributed by atoms with van der Waals surface area (Å²) in [7, 11) is -3.88. The van der Waals surface area contributed by atoms with Crippen molar-refractivity contribution in [2.45, 2.75) is 31.4 Å². The summed E-state index contributed by atoms with van der Waals surface area (Å²) in [6.07, 6.45) is 0. The minimum atomic E-state index is -3.88. The fraction of sp³-hybridized carbons (Fsp3) is 0.222. The molecule has 0 unspecified atom stereocenters. The minimum absolute atomic E-state index is 0.149. The molecule has 142 valence electrons. The Labute approximate surface area is 155 Å². The van der Waals surface area contributed by atoms with Gasteiger partial charge in [0.2, 0.25) is 5.09 Å². The predicted octanol–water partition coefficient (Wildman–Crippen LogP) is 2.72. The summed E-state index contributed by atoms with van der Waals surface area (Å²) in [5.74, 6) is -0.757. The number of benzene rings is 1. The zero-order chi connectivity index (χ0) is 19.8. The molecule has 3 rings (SSSR count). The van der Waals surface area contributed by atoms with Crippen LogP contribution in [0.4, 0.5) is 5.69 Å². The number of sulfonamides is 1. The molecule has 1 amide bonds. The van der Waals surface area contributed by atoms with Gasteiger partial charge in [0.25, 0.3) is 15.9 Å². The molecule has 9 heteroatoms. The molecular weight excluding hydrogens is 372 g/mol. The molecule has 0 radical (unpaired) electrons. The van der Waals surface area contributed by atoms with Gasteiger partial charge in [-0.05, 0) is 57.2 Å². The van der Waals surface area contributed by atoms with E-state index in [1.807, 2.05) is 0 Å². The van der Waals surface area contributed by atoms with Crippen LogP contribution in [0.15, 0.2) is 61.2 Å². The first kappa shape index (κ1) is 18.9. The van der Waals surface area contributed by atoms with E-state index in [9.17, 15) is 18.0 Å². The lowest BCUT2D eigenvalue weighted by Gasteiger charge is -2.18. The first-order valence-electron chi connectivity index (χ1n) is 8.03. The summed E-state index contributed by atoms with van der Waals surface area (Å²) >= 11 is 0. The third-order valence-electron chi connectivity index (χ3n) is 3.39.